The normalized spacial score (nSPS) is 16.6. The summed E-state index contributed by atoms with van der Waals surface area (Å²) >= 11 is 0. The van der Waals surface area contributed by atoms with Crippen molar-refractivity contribution in [3.63, 3.8) is 0 Å². The van der Waals surface area contributed by atoms with Crippen LogP contribution in [0, 0.1) is 5.92 Å². The number of hydrogen-bond acceptors (Lipinski definition) is 2. The largest absolute Gasteiger partial charge is 0.481 e. The molecule has 1 fully saturated rings. The first kappa shape index (κ1) is 12.8. The van der Waals surface area contributed by atoms with Gasteiger partial charge in [0, 0.05) is 12.6 Å². The number of hydrogen-bond donors (Lipinski definition) is 3. The van der Waals surface area contributed by atoms with Gasteiger partial charge in [-0.25, -0.2) is 4.79 Å². The molecule has 0 radical (unpaired) electrons. The molecule has 2 amide bonds. The Morgan fingerprint density at radius 1 is 1.44 bits per heavy atom. The SMILES string of the molecule is CCC(CC1CC1)NC(=O)NCCC(=O)O. The van der Waals surface area contributed by atoms with Crippen LogP contribution in [0.2, 0.25) is 0 Å². The van der Waals surface area contributed by atoms with Gasteiger partial charge in [-0.2, -0.15) is 0 Å². The van der Waals surface area contributed by atoms with E-state index >= 15 is 0 Å². The molecule has 0 aromatic heterocycles. The Balaban J connectivity index is 2.12. The second-order valence-corrected chi connectivity index (χ2v) is 4.33. The maximum absolute atomic E-state index is 11.4. The van der Waals surface area contributed by atoms with Crippen LogP contribution in [0.15, 0.2) is 0 Å². The first-order valence-electron chi connectivity index (χ1n) is 5.88. The van der Waals surface area contributed by atoms with E-state index in [0.717, 1.165) is 18.8 Å². The van der Waals surface area contributed by atoms with Crippen LogP contribution in [-0.4, -0.2) is 29.7 Å². The third-order valence-electron chi connectivity index (χ3n) is 2.77. The molecule has 1 atom stereocenters. The highest BCUT2D eigenvalue weighted by molar-refractivity contribution is 5.75. The quantitative estimate of drug-likeness (QED) is 0.615. The molecule has 0 aliphatic heterocycles. The molecule has 0 heterocycles. The number of urea groups is 1. The monoisotopic (exact) mass is 228 g/mol. The number of carbonyl (C=O) groups is 2. The molecule has 1 aliphatic rings. The predicted molar refractivity (Wildman–Crippen MR) is 60.2 cm³/mol. The maximum Gasteiger partial charge on any atom is 0.315 e. The number of nitrogens with one attached hydrogen (secondary N) is 2. The molecule has 1 saturated carbocycles. The average molecular weight is 228 g/mol. The summed E-state index contributed by atoms with van der Waals surface area (Å²) in [7, 11) is 0. The number of carbonyl (C=O) groups excluding carboxylic acids is 1. The van der Waals surface area contributed by atoms with E-state index in [9.17, 15) is 9.59 Å². The highest BCUT2D eigenvalue weighted by Gasteiger charge is 2.25. The molecule has 5 heteroatoms. The zero-order valence-electron chi connectivity index (χ0n) is 9.66. The van der Waals surface area contributed by atoms with Crippen LogP contribution in [0.1, 0.15) is 39.0 Å². The average Bonchev–Trinajstić information content (AvgIpc) is 3.00. The Kier molecular flexibility index (Phi) is 5.08. The summed E-state index contributed by atoms with van der Waals surface area (Å²) in [6, 6.07) is -0.0360. The second kappa shape index (κ2) is 6.35. The third-order valence-corrected chi connectivity index (χ3v) is 2.77. The molecular weight excluding hydrogens is 208 g/mol. The van der Waals surface area contributed by atoms with Crippen molar-refractivity contribution >= 4 is 12.0 Å². The highest BCUT2D eigenvalue weighted by atomic mass is 16.4. The van der Waals surface area contributed by atoms with Crippen molar-refractivity contribution in [2.75, 3.05) is 6.54 Å². The van der Waals surface area contributed by atoms with E-state index in [0.29, 0.717) is 0 Å². The smallest absolute Gasteiger partial charge is 0.315 e. The second-order valence-electron chi connectivity index (χ2n) is 4.33. The Labute approximate surface area is 95.6 Å². The fraction of sp³-hybridized carbons (Fsp3) is 0.818. The van der Waals surface area contributed by atoms with E-state index in [1.807, 2.05) is 6.92 Å². The van der Waals surface area contributed by atoms with Crippen LogP contribution >= 0.6 is 0 Å². The summed E-state index contributed by atoms with van der Waals surface area (Å²) in [4.78, 5) is 21.6. The summed E-state index contributed by atoms with van der Waals surface area (Å²) in [6.45, 7) is 2.23. The van der Waals surface area contributed by atoms with Crippen LogP contribution in [0.5, 0.6) is 0 Å². The number of carboxylic acids is 1. The van der Waals surface area contributed by atoms with Crippen LogP contribution in [-0.2, 0) is 4.79 Å². The van der Waals surface area contributed by atoms with Crippen molar-refractivity contribution in [3.8, 4) is 0 Å². The Bertz CT molecular complexity index is 252. The lowest BCUT2D eigenvalue weighted by atomic mass is 10.1. The van der Waals surface area contributed by atoms with E-state index < -0.39 is 5.97 Å². The zero-order chi connectivity index (χ0) is 12.0. The van der Waals surface area contributed by atoms with Crippen molar-refractivity contribution in [1.82, 2.24) is 10.6 Å². The topological polar surface area (TPSA) is 78.4 Å². The van der Waals surface area contributed by atoms with Gasteiger partial charge in [-0.3, -0.25) is 4.79 Å². The molecular formula is C11H20N2O3. The van der Waals surface area contributed by atoms with Gasteiger partial charge in [-0.1, -0.05) is 19.8 Å². The Morgan fingerprint density at radius 2 is 2.12 bits per heavy atom. The maximum atomic E-state index is 11.4. The molecule has 0 saturated heterocycles. The lowest BCUT2D eigenvalue weighted by Gasteiger charge is -2.16. The molecule has 0 aromatic carbocycles. The van der Waals surface area contributed by atoms with Gasteiger partial charge in [0.2, 0.25) is 0 Å². The van der Waals surface area contributed by atoms with Gasteiger partial charge in [-0.15, -0.1) is 0 Å². The minimum absolute atomic E-state index is 0.0349. The first-order valence-corrected chi connectivity index (χ1v) is 5.88. The molecule has 16 heavy (non-hydrogen) atoms. The fourth-order valence-electron chi connectivity index (χ4n) is 1.60. The molecule has 0 spiro atoms. The summed E-state index contributed by atoms with van der Waals surface area (Å²) < 4.78 is 0. The van der Waals surface area contributed by atoms with E-state index in [4.69, 9.17) is 5.11 Å². The minimum Gasteiger partial charge on any atom is -0.481 e. The van der Waals surface area contributed by atoms with Crippen molar-refractivity contribution in [2.45, 2.75) is 45.1 Å². The third kappa shape index (κ3) is 5.58. The van der Waals surface area contributed by atoms with Gasteiger partial charge in [-0.05, 0) is 18.8 Å². The number of amides is 2. The molecule has 5 nitrogen and oxygen atoms in total. The van der Waals surface area contributed by atoms with Crippen molar-refractivity contribution in [3.05, 3.63) is 0 Å². The van der Waals surface area contributed by atoms with Gasteiger partial charge >= 0.3 is 12.0 Å². The molecule has 0 aromatic rings. The lowest BCUT2D eigenvalue weighted by molar-refractivity contribution is -0.136. The van der Waals surface area contributed by atoms with Gasteiger partial charge in [0.25, 0.3) is 0 Å². The van der Waals surface area contributed by atoms with Crippen LogP contribution in [0.3, 0.4) is 0 Å². The van der Waals surface area contributed by atoms with Gasteiger partial charge in [0.1, 0.15) is 0 Å². The molecule has 1 rings (SSSR count). The molecule has 1 unspecified atom stereocenters. The minimum atomic E-state index is -0.898. The summed E-state index contributed by atoms with van der Waals surface area (Å²) in [5, 5.41) is 13.8. The molecule has 92 valence electrons. The van der Waals surface area contributed by atoms with E-state index in [1.54, 1.807) is 0 Å². The molecule has 1 aliphatic carbocycles. The van der Waals surface area contributed by atoms with Crippen molar-refractivity contribution < 1.29 is 14.7 Å². The van der Waals surface area contributed by atoms with E-state index in [2.05, 4.69) is 10.6 Å². The number of rotatable bonds is 7. The van der Waals surface area contributed by atoms with E-state index in [1.165, 1.54) is 12.8 Å². The van der Waals surface area contributed by atoms with Crippen LogP contribution < -0.4 is 10.6 Å². The summed E-state index contributed by atoms with van der Waals surface area (Å²) in [5.74, 6) is -0.116. The van der Waals surface area contributed by atoms with Crippen molar-refractivity contribution in [1.29, 1.82) is 0 Å². The standard InChI is InChI=1S/C11H20N2O3/c1-2-9(7-8-3-4-8)13-11(16)12-6-5-10(14)15/h8-9H,2-7H2,1H3,(H,14,15)(H2,12,13,16). The molecule has 0 bridgehead atoms. The van der Waals surface area contributed by atoms with Crippen LogP contribution in [0.4, 0.5) is 4.79 Å². The van der Waals surface area contributed by atoms with Crippen LogP contribution in [0.25, 0.3) is 0 Å². The van der Waals surface area contributed by atoms with Crippen molar-refractivity contribution in [2.24, 2.45) is 5.92 Å². The first-order chi connectivity index (χ1) is 7.61. The number of carboxylic acid groups (broad SMARTS) is 1. The number of aliphatic carboxylic acids is 1. The van der Waals surface area contributed by atoms with Gasteiger partial charge < -0.3 is 15.7 Å². The molecule has 3 N–H and O–H groups in total. The zero-order valence-corrected chi connectivity index (χ0v) is 9.66. The highest BCUT2D eigenvalue weighted by Crippen LogP contribution is 2.33. The van der Waals surface area contributed by atoms with E-state index in [-0.39, 0.29) is 25.0 Å². The van der Waals surface area contributed by atoms with Gasteiger partial charge in [0.15, 0.2) is 0 Å². The van der Waals surface area contributed by atoms with Gasteiger partial charge in [0.05, 0.1) is 6.42 Å². The lowest BCUT2D eigenvalue weighted by Crippen LogP contribution is -2.42. The predicted octanol–water partition coefficient (Wildman–Crippen LogP) is 1.34. The summed E-state index contributed by atoms with van der Waals surface area (Å²) in [5.41, 5.74) is 0. The Morgan fingerprint density at radius 3 is 2.62 bits per heavy atom. The Hall–Kier alpha value is -1.26. The fourth-order valence-corrected chi connectivity index (χ4v) is 1.60. The summed E-state index contributed by atoms with van der Waals surface area (Å²) in [6.07, 6.45) is 4.48.